The highest BCUT2D eigenvalue weighted by molar-refractivity contribution is 7.09. The standard InChI is InChI=1S/C18H29N5OS/c1-7-19-18(21-9-16-22-15(10-25-16)11(2)3)20-8-12(4)17-13(5)23-24-14(17)6/h10-12H,7-9H2,1-6H3,(H2,19,20,21). The topological polar surface area (TPSA) is 75.3 Å². The van der Waals surface area contributed by atoms with Gasteiger partial charge in [-0.3, -0.25) is 0 Å². The zero-order valence-corrected chi connectivity index (χ0v) is 16.8. The Morgan fingerprint density at radius 1 is 1.28 bits per heavy atom. The van der Waals surface area contributed by atoms with Crippen molar-refractivity contribution >= 4 is 17.3 Å². The van der Waals surface area contributed by atoms with Crippen LogP contribution in [0.2, 0.25) is 0 Å². The van der Waals surface area contributed by atoms with Crippen LogP contribution in [0, 0.1) is 13.8 Å². The molecule has 6 nitrogen and oxygen atoms in total. The minimum atomic E-state index is 0.294. The normalized spacial score (nSPS) is 13.3. The summed E-state index contributed by atoms with van der Waals surface area (Å²) in [5.41, 5.74) is 3.27. The van der Waals surface area contributed by atoms with Gasteiger partial charge in [0, 0.05) is 30.0 Å². The highest BCUT2D eigenvalue weighted by atomic mass is 32.1. The van der Waals surface area contributed by atoms with Crippen molar-refractivity contribution in [1.82, 2.24) is 20.8 Å². The molecule has 0 aliphatic heterocycles. The third kappa shape index (κ3) is 5.29. The fourth-order valence-electron chi connectivity index (χ4n) is 2.70. The molecule has 0 radical (unpaired) electrons. The largest absolute Gasteiger partial charge is 0.361 e. The van der Waals surface area contributed by atoms with E-state index in [0.29, 0.717) is 18.4 Å². The van der Waals surface area contributed by atoms with E-state index in [1.807, 2.05) is 13.8 Å². The first-order valence-corrected chi connectivity index (χ1v) is 9.69. The van der Waals surface area contributed by atoms with E-state index in [-0.39, 0.29) is 0 Å². The van der Waals surface area contributed by atoms with Crippen LogP contribution in [0.3, 0.4) is 0 Å². The van der Waals surface area contributed by atoms with Crippen LogP contribution in [0.5, 0.6) is 0 Å². The van der Waals surface area contributed by atoms with Crippen LogP contribution in [-0.2, 0) is 6.54 Å². The maximum atomic E-state index is 5.27. The molecular formula is C18H29N5OS. The third-order valence-corrected chi connectivity index (χ3v) is 4.89. The zero-order valence-electron chi connectivity index (χ0n) is 16.0. The molecule has 7 heteroatoms. The molecule has 0 saturated carbocycles. The number of nitrogens with one attached hydrogen (secondary N) is 2. The Morgan fingerprint density at radius 2 is 2.04 bits per heavy atom. The van der Waals surface area contributed by atoms with Crippen LogP contribution in [-0.4, -0.2) is 29.2 Å². The molecule has 0 bridgehead atoms. The number of thiazole rings is 1. The fourth-order valence-corrected chi connectivity index (χ4v) is 3.58. The van der Waals surface area contributed by atoms with Gasteiger partial charge in [-0.1, -0.05) is 25.9 Å². The van der Waals surface area contributed by atoms with Crippen LogP contribution in [0.15, 0.2) is 14.9 Å². The van der Waals surface area contributed by atoms with Crippen molar-refractivity contribution in [2.45, 2.75) is 59.9 Å². The molecule has 2 N–H and O–H groups in total. The van der Waals surface area contributed by atoms with Crippen LogP contribution < -0.4 is 10.6 Å². The van der Waals surface area contributed by atoms with E-state index in [4.69, 9.17) is 4.52 Å². The van der Waals surface area contributed by atoms with E-state index in [0.717, 1.165) is 41.2 Å². The molecule has 25 heavy (non-hydrogen) atoms. The molecule has 2 heterocycles. The van der Waals surface area contributed by atoms with E-state index in [9.17, 15) is 0 Å². The van der Waals surface area contributed by atoms with Crippen molar-refractivity contribution < 1.29 is 4.52 Å². The molecule has 1 unspecified atom stereocenters. The summed E-state index contributed by atoms with van der Waals surface area (Å²) in [6.07, 6.45) is 0. The highest BCUT2D eigenvalue weighted by Crippen LogP contribution is 2.22. The number of hydrogen-bond acceptors (Lipinski definition) is 5. The Morgan fingerprint density at radius 3 is 2.60 bits per heavy atom. The second-order valence-corrected chi connectivity index (χ2v) is 7.48. The van der Waals surface area contributed by atoms with Gasteiger partial charge in [-0.05, 0) is 26.7 Å². The van der Waals surface area contributed by atoms with Crippen molar-refractivity contribution in [3.63, 3.8) is 0 Å². The van der Waals surface area contributed by atoms with Crippen LogP contribution in [0.4, 0.5) is 0 Å². The second-order valence-electron chi connectivity index (χ2n) is 6.54. The number of aliphatic imine (C=N–C) groups is 1. The number of aryl methyl sites for hydroxylation is 2. The number of hydrogen-bond donors (Lipinski definition) is 2. The van der Waals surface area contributed by atoms with Crippen molar-refractivity contribution in [3.05, 3.63) is 33.1 Å². The molecule has 0 spiro atoms. The maximum absolute atomic E-state index is 5.27. The average Bonchev–Trinajstić information content (AvgIpc) is 3.17. The third-order valence-electron chi connectivity index (χ3n) is 4.03. The molecule has 1 atom stereocenters. The van der Waals surface area contributed by atoms with Gasteiger partial charge in [-0.2, -0.15) is 0 Å². The van der Waals surface area contributed by atoms with Gasteiger partial charge < -0.3 is 15.2 Å². The van der Waals surface area contributed by atoms with Crippen molar-refractivity contribution in [2.24, 2.45) is 4.99 Å². The van der Waals surface area contributed by atoms with Crippen molar-refractivity contribution in [3.8, 4) is 0 Å². The quantitative estimate of drug-likeness (QED) is 0.579. The van der Waals surface area contributed by atoms with E-state index < -0.39 is 0 Å². The van der Waals surface area contributed by atoms with Gasteiger partial charge in [0.1, 0.15) is 10.8 Å². The molecular weight excluding hydrogens is 334 g/mol. The summed E-state index contributed by atoms with van der Waals surface area (Å²) in [6, 6.07) is 0. The lowest BCUT2D eigenvalue weighted by Gasteiger charge is -2.15. The molecule has 2 aromatic rings. The Labute approximate surface area is 154 Å². The SMILES string of the molecule is CCNC(=NCc1nc(C(C)C)cs1)NCC(C)c1c(C)noc1C. The number of aromatic nitrogens is 2. The van der Waals surface area contributed by atoms with Crippen LogP contribution in [0.1, 0.15) is 67.2 Å². The Bertz CT molecular complexity index is 685. The van der Waals surface area contributed by atoms with E-state index >= 15 is 0 Å². The van der Waals surface area contributed by atoms with Crippen molar-refractivity contribution in [2.75, 3.05) is 13.1 Å². The zero-order chi connectivity index (χ0) is 18.4. The summed E-state index contributed by atoms with van der Waals surface area (Å²) in [4.78, 5) is 9.29. The monoisotopic (exact) mass is 363 g/mol. The Balaban J connectivity index is 1.97. The molecule has 0 aromatic carbocycles. The number of rotatable bonds is 7. The average molecular weight is 364 g/mol. The molecule has 0 aliphatic rings. The van der Waals surface area contributed by atoms with Gasteiger partial charge in [0.25, 0.3) is 0 Å². The van der Waals surface area contributed by atoms with E-state index in [1.165, 1.54) is 5.56 Å². The van der Waals surface area contributed by atoms with E-state index in [1.54, 1.807) is 11.3 Å². The lowest BCUT2D eigenvalue weighted by molar-refractivity contribution is 0.391. The van der Waals surface area contributed by atoms with Crippen LogP contribution in [0.25, 0.3) is 0 Å². The number of guanidine groups is 1. The van der Waals surface area contributed by atoms with E-state index in [2.05, 4.69) is 58.8 Å². The molecule has 0 aliphatic carbocycles. The molecule has 2 aromatic heterocycles. The summed E-state index contributed by atoms with van der Waals surface area (Å²) in [5, 5.41) is 13.9. The second kappa shape index (κ2) is 8.99. The van der Waals surface area contributed by atoms with Gasteiger partial charge in [-0.15, -0.1) is 11.3 Å². The highest BCUT2D eigenvalue weighted by Gasteiger charge is 2.16. The Hall–Kier alpha value is -1.89. The van der Waals surface area contributed by atoms with Gasteiger partial charge in [0.15, 0.2) is 5.96 Å². The molecule has 0 fully saturated rings. The lowest BCUT2D eigenvalue weighted by Crippen LogP contribution is -2.39. The summed E-state index contributed by atoms with van der Waals surface area (Å²) < 4.78 is 5.27. The number of nitrogens with zero attached hydrogens (tertiary/aromatic N) is 3. The first-order valence-electron chi connectivity index (χ1n) is 8.81. The van der Waals surface area contributed by atoms with Gasteiger partial charge in [0.2, 0.25) is 0 Å². The van der Waals surface area contributed by atoms with Gasteiger partial charge >= 0.3 is 0 Å². The van der Waals surface area contributed by atoms with Gasteiger partial charge in [0.05, 0.1) is 17.9 Å². The van der Waals surface area contributed by atoms with Gasteiger partial charge in [-0.25, -0.2) is 9.98 Å². The molecule has 0 saturated heterocycles. The van der Waals surface area contributed by atoms with Crippen LogP contribution >= 0.6 is 11.3 Å². The Kier molecular flexibility index (Phi) is 6.99. The predicted octanol–water partition coefficient (Wildman–Crippen LogP) is 3.73. The molecule has 138 valence electrons. The molecule has 2 rings (SSSR count). The first kappa shape index (κ1) is 19.4. The summed E-state index contributed by atoms with van der Waals surface area (Å²) >= 11 is 1.67. The molecule has 0 amide bonds. The maximum Gasteiger partial charge on any atom is 0.191 e. The first-order chi connectivity index (χ1) is 11.9. The van der Waals surface area contributed by atoms with Crippen molar-refractivity contribution in [1.29, 1.82) is 0 Å². The fraction of sp³-hybridized carbons (Fsp3) is 0.611. The summed E-state index contributed by atoms with van der Waals surface area (Å²) in [6.45, 7) is 14.7. The lowest BCUT2D eigenvalue weighted by atomic mass is 10.00. The minimum Gasteiger partial charge on any atom is -0.361 e. The smallest absolute Gasteiger partial charge is 0.191 e. The summed E-state index contributed by atoms with van der Waals surface area (Å²) in [7, 11) is 0. The minimum absolute atomic E-state index is 0.294. The predicted molar refractivity (Wildman–Crippen MR) is 103 cm³/mol. The summed E-state index contributed by atoms with van der Waals surface area (Å²) in [5.74, 6) is 2.44.